The van der Waals surface area contributed by atoms with E-state index < -0.39 is 0 Å². The van der Waals surface area contributed by atoms with Gasteiger partial charge in [-0.05, 0) is 37.9 Å². The van der Waals surface area contributed by atoms with Gasteiger partial charge in [-0.3, -0.25) is 9.69 Å². The second kappa shape index (κ2) is 6.67. The maximum absolute atomic E-state index is 12.7. The van der Waals surface area contributed by atoms with Crippen LogP contribution >= 0.6 is 0 Å². The van der Waals surface area contributed by atoms with Crippen molar-refractivity contribution >= 4 is 17.6 Å². The number of hydrogen-bond acceptors (Lipinski definition) is 3. The van der Waals surface area contributed by atoms with Crippen LogP contribution in [0.2, 0.25) is 0 Å². The van der Waals surface area contributed by atoms with E-state index in [1.165, 1.54) is 12.8 Å². The molecule has 6 nitrogen and oxygen atoms in total. The Bertz CT molecular complexity index is 677. The third-order valence-corrected chi connectivity index (χ3v) is 6.04. The van der Waals surface area contributed by atoms with Gasteiger partial charge >= 0.3 is 6.03 Å². The fourth-order valence-corrected chi connectivity index (χ4v) is 4.50. The molecular formula is C19H26N4O2. The van der Waals surface area contributed by atoms with E-state index >= 15 is 0 Å². The molecule has 25 heavy (non-hydrogen) atoms. The molecule has 3 heterocycles. The van der Waals surface area contributed by atoms with Crippen LogP contribution in [-0.2, 0) is 4.79 Å². The maximum atomic E-state index is 12.7. The largest absolute Gasteiger partial charge is 0.337 e. The number of carbonyl (C=O) groups excluding carboxylic acids is 2. The summed E-state index contributed by atoms with van der Waals surface area (Å²) in [5, 5.41) is 5.98. The average molecular weight is 342 g/mol. The Hall–Kier alpha value is -2.08. The topological polar surface area (TPSA) is 64.7 Å². The number of likely N-dealkylation sites (tertiary alicyclic amines) is 1. The molecule has 0 unspecified atom stereocenters. The van der Waals surface area contributed by atoms with Gasteiger partial charge in [-0.15, -0.1) is 0 Å². The minimum Gasteiger partial charge on any atom is -0.337 e. The Kier molecular flexibility index (Phi) is 4.37. The summed E-state index contributed by atoms with van der Waals surface area (Å²) in [6, 6.07) is 8.96. The zero-order chi connectivity index (χ0) is 17.4. The van der Waals surface area contributed by atoms with Crippen molar-refractivity contribution in [2.75, 3.05) is 32.0 Å². The summed E-state index contributed by atoms with van der Waals surface area (Å²) in [5.41, 5.74) is 1.98. The summed E-state index contributed by atoms with van der Waals surface area (Å²) >= 11 is 0. The molecule has 0 saturated carbocycles. The fourth-order valence-electron chi connectivity index (χ4n) is 4.50. The van der Waals surface area contributed by atoms with Crippen molar-refractivity contribution in [3.63, 3.8) is 0 Å². The molecule has 0 aromatic heterocycles. The van der Waals surface area contributed by atoms with Gasteiger partial charge in [0, 0.05) is 49.7 Å². The van der Waals surface area contributed by atoms with E-state index in [1.54, 1.807) is 0 Å². The number of urea groups is 1. The molecule has 2 fully saturated rings. The molecule has 3 amide bonds. The zero-order valence-electron chi connectivity index (χ0n) is 14.7. The van der Waals surface area contributed by atoms with Crippen LogP contribution in [0.25, 0.3) is 0 Å². The molecular weight excluding hydrogens is 316 g/mol. The molecule has 3 aliphatic rings. The number of benzene rings is 1. The first-order chi connectivity index (χ1) is 12.1. The molecule has 2 bridgehead atoms. The molecule has 0 spiro atoms. The number of nitrogens with one attached hydrogen (secondary N) is 2. The van der Waals surface area contributed by atoms with Crippen LogP contribution in [0.15, 0.2) is 24.3 Å². The lowest BCUT2D eigenvalue weighted by Crippen LogP contribution is -2.46. The molecule has 1 aromatic rings. The number of para-hydroxylation sites is 1. The van der Waals surface area contributed by atoms with E-state index in [-0.39, 0.29) is 17.9 Å². The molecule has 3 aliphatic heterocycles. The molecule has 1 aromatic carbocycles. The van der Waals surface area contributed by atoms with E-state index in [0.717, 1.165) is 30.8 Å². The summed E-state index contributed by atoms with van der Waals surface area (Å²) in [6.45, 7) is 2.13. The highest BCUT2D eigenvalue weighted by Gasteiger charge is 2.36. The lowest BCUT2D eigenvalue weighted by molar-refractivity contribution is -0.116. The van der Waals surface area contributed by atoms with Crippen molar-refractivity contribution in [1.29, 1.82) is 0 Å². The van der Waals surface area contributed by atoms with E-state index in [0.29, 0.717) is 25.0 Å². The van der Waals surface area contributed by atoms with Gasteiger partial charge in [-0.1, -0.05) is 18.2 Å². The minimum atomic E-state index is 0.00409. The Morgan fingerprint density at radius 3 is 2.92 bits per heavy atom. The van der Waals surface area contributed by atoms with Crippen LogP contribution in [0.4, 0.5) is 10.5 Å². The number of rotatable bonds is 2. The summed E-state index contributed by atoms with van der Waals surface area (Å²) in [7, 11) is 2.18. The van der Waals surface area contributed by atoms with Gasteiger partial charge in [-0.2, -0.15) is 0 Å². The number of likely N-dealkylation sites (N-methyl/N-ethyl adjacent to an activating group) is 1. The van der Waals surface area contributed by atoms with Gasteiger partial charge in [0.2, 0.25) is 5.91 Å². The molecule has 2 saturated heterocycles. The van der Waals surface area contributed by atoms with Gasteiger partial charge < -0.3 is 15.5 Å². The second-order valence-corrected chi connectivity index (χ2v) is 7.51. The van der Waals surface area contributed by atoms with Crippen molar-refractivity contribution in [2.45, 2.75) is 43.7 Å². The third kappa shape index (κ3) is 3.23. The highest BCUT2D eigenvalue weighted by atomic mass is 16.2. The first-order valence-corrected chi connectivity index (χ1v) is 9.25. The molecule has 6 heteroatoms. The Morgan fingerprint density at radius 2 is 2.04 bits per heavy atom. The summed E-state index contributed by atoms with van der Waals surface area (Å²) in [5.74, 6) is 0.0617. The zero-order valence-corrected chi connectivity index (χ0v) is 14.7. The molecule has 2 N–H and O–H groups in total. The fraction of sp³-hybridized carbons (Fsp3) is 0.579. The van der Waals surface area contributed by atoms with Gasteiger partial charge in [0.1, 0.15) is 0 Å². The average Bonchev–Trinajstić information content (AvgIpc) is 2.84. The number of anilines is 1. The van der Waals surface area contributed by atoms with Crippen LogP contribution in [0.3, 0.4) is 0 Å². The first kappa shape index (κ1) is 16.4. The highest BCUT2D eigenvalue weighted by molar-refractivity contribution is 5.94. The Labute approximate surface area is 148 Å². The monoisotopic (exact) mass is 342 g/mol. The van der Waals surface area contributed by atoms with Crippen molar-refractivity contribution < 1.29 is 9.59 Å². The molecule has 134 valence electrons. The summed E-state index contributed by atoms with van der Waals surface area (Å²) in [6.07, 6.45) is 3.91. The smallest absolute Gasteiger partial charge is 0.317 e. The standard InChI is InChI=1S/C19H26N4O2/c1-22-14-6-7-15(22)12-23(9-8-14)19(25)20-11-13-10-18(24)21-17-5-3-2-4-16(13)17/h2-5,13-15H,6-12H2,1H3,(H,20,25)(H,21,24)/t13-,14-,15-/m0/s1. The van der Waals surface area contributed by atoms with Crippen LogP contribution in [0, 0.1) is 0 Å². The van der Waals surface area contributed by atoms with Gasteiger partial charge in [0.25, 0.3) is 0 Å². The minimum absolute atomic E-state index is 0.00409. The lowest BCUT2D eigenvalue weighted by Gasteiger charge is -2.29. The third-order valence-electron chi connectivity index (χ3n) is 6.04. The van der Waals surface area contributed by atoms with Gasteiger partial charge in [-0.25, -0.2) is 4.79 Å². The van der Waals surface area contributed by atoms with E-state index in [2.05, 4.69) is 22.6 Å². The van der Waals surface area contributed by atoms with Crippen LogP contribution in [0.5, 0.6) is 0 Å². The van der Waals surface area contributed by atoms with Crippen molar-refractivity contribution in [2.24, 2.45) is 0 Å². The van der Waals surface area contributed by atoms with Crippen molar-refractivity contribution in [3.8, 4) is 0 Å². The van der Waals surface area contributed by atoms with Crippen LogP contribution < -0.4 is 10.6 Å². The molecule has 0 radical (unpaired) electrons. The van der Waals surface area contributed by atoms with E-state index in [1.807, 2.05) is 29.2 Å². The van der Waals surface area contributed by atoms with E-state index in [9.17, 15) is 9.59 Å². The molecule has 4 rings (SSSR count). The summed E-state index contributed by atoms with van der Waals surface area (Å²) < 4.78 is 0. The number of nitrogens with zero attached hydrogens (tertiary/aromatic N) is 2. The van der Waals surface area contributed by atoms with Gasteiger partial charge in [0.05, 0.1) is 0 Å². The Balaban J connectivity index is 1.38. The molecule has 0 aliphatic carbocycles. The summed E-state index contributed by atoms with van der Waals surface area (Å²) in [4.78, 5) is 29.0. The normalized spacial score (nSPS) is 28.9. The van der Waals surface area contributed by atoms with Crippen molar-refractivity contribution in [1.82, 2.24) is 15.1 Å². The SMILES string of the molecule is CN1[C@H]2CC[C@H]1CN(C(=O)NC[C@@H]1CC(=O)Nc3ccccc31)CC2. The predicted octanol–water partition coefficient (Wildman–Crippen LogP) is 1.99. The van der Waals surface area contributed by atoms with Gasteiger partial charge in [0.15, 0.2) is 0 Å². The lowest BCUT2D eigenvalue weighted by atomic mass is 9.90. The quantitative estimate of drug-likeness (QED) is 0.864. The van der Waals surface area contributed by atoms with Crippen molar-refractivity contribution in [3.05, 3.63) is 29.8 Å². The number of fused-ring (bicyclic) bond motifs is 3. The number of amides is 3. The van der Waals surface area contributed by atoms with E-state index in [4.69, 9.17) is 0 Å². The second-order valence-electron chi connectivity index (χ2n) is 7.51. The molecule has 3 atom stereocenters. The number of hydrogen-bond donors (Lipinski definition) is 2. The number of carbonyl (C=O) groups is 2. The van der Waals surface area contributed by atoms with Crippen LogP contribution in [-0.4, -0.2) is 60.5 Å². The van der Waals surface area contributed by atoms with Crippen LogP contribution in [0.1, 0.15) is 37.2 Å². The predicted molar refractivity (Wildman–Crippen MR) is 96.6 cm³/mol. The Morgan fingerprint density at radius 1 is 1.24 bits per heavy atom. The first-order valence-electron chi connectivity index (χ1n) is 9.25. The maximum Gasteiger partial charge on any atom is 0.317 e. The highest BCUT2D eigenvalue weighted by Crippen LogP contribution is 2.32.